The zero-order valence-electron chi connectivity index (χ0n) is 14.5. The van der Waals surface area contributed by atoms with Crippen molar-refractivity contribution in [3.05, 3.63) is 46.5 Å². The van der Waals surface area contributed by atoms with E-state index in [0.717, 1.165) is 17.8 Å². The third-order valence-corrected chi connectivity index (χ3v) is 4.35. The minimum absolute atomic E-state index is 0.216. The number of anilines is 1. The van der Waals surface area contributed by atoms with Gasteiger partial charge in [0.2, 0.25) is 0 Å². The molecule has 6 heteroatoms. The highest BCUT2D eigenvalue weighted by molar-refractivity contribution is 6.05. The number of rotatable bonds is 2. The quantitative estimate of drug-likeness (QED) is 0.890. The van der Waals surface area contributed by atoms with E-state index in [1.54, 1.807) is 10.7 Å². The molecule has 1 aromatic carbocycles. The molecule has 0 atom stereocenters. The first-order valence-corrected chi connectivity index (χ1v) is 8.16. The number of halogens is 1. The van der Waals surface area contributed by atoms with Crippen LogP contribution in [0.4, 0.5) is 10.1 Å². The number of fused-ring (bicyclic) bond motifs is 1. The van der Waals surface area contributed by atoms with Crippen molar-refractivity contribution in [3.63, 3.8) is 0 Å². The van der Waals surface area contributed by atoms with Gasteiger partial charge in [-0.05, 0) is 57.9 Å². The van der Waals surface area contributed by atoms with Gasteiger partial charge in [-0.1, -0.05) is 6.07 Å². The molecule has 0 saturated heterocycles. The van der Waals surface area contributed by atoms with Crippen LogP contribution in [-0.4, -0.2) is 22.2 Å². The van der Waals surface area contributed by atoms with Crippen molar-refractivity contribution in [2.24, 2.45) is 0 Å². The van der Waals surface area contributed by atoms with Gasteiger partial charge in [0.1, 0.15) is 5.82 Å². The number of amides is 1. The average Bonchev–Trinajstić information content (AvgIpc) is 2.92. The van der Waals surface area contributed by atoms with E-state index in [-0.39, 0.29) is 23.0 Å². The lowest BCUT2D eigenvalue weighted by Crippen LogP contribution is -2.26. The Kier molecular flexibility index (Phi) is 4.17. The van der Waals surface area contributed by atoms with Crippen LogP contribution in [0, 0.1) is 12.7 Å². The molecule has 0 spiro atoms. The molecule has 1 amide bonds. The molecule has 128 valence electrons. The summed E-state index contributed by atoms with van der Waals surface area (Å²) in [6.07, 6.45) is 2.17. The highest BCUT2D eigenvalue weighted by atomic mass is 19.1. The number of nitrogens with one attached hydrogen (secondary N) is 2. The van der Waals surface area contributed by atoms with E-state index in [1.807, 2.05) is 33.8 Å². The van der Waals surface area contributed by atoms with Crippen molar-refractivity contribution in [1.82, 2.24) is 15.1 Å². The zero-order chi connectivity index (χ0) is 17.5. The second-order valence-corrected chi connectivity index (χ2v) is 7.17. The molecule has 24 heavy (non-hydrogen) atoms. The molecule has 2 aromatic rings. The molecule has 0 bridgehead atoms. The van der Waals surface area contributed by atoms with Gasteiger partial charge in [-0.15, -0.1) is 0 Å². The summed E-state index contributed by atoms with van der Waals surface area (Å²) in [5.41, 5.74) is 2.88. The maximum atomic E-state index is 14.7. The predicted molar refractivity (Wildman–Crippen MR) is 91.7 cm³/mol. The molecule has 1 aromatic heterocycles. The second kappa shape index (κ2) is 6.02. The van der Waals surface area contributed by atoms with Gasteiger partial charge >= 0.3 is 0 Å². The van der Waals surface area contributed by atoms with E-state index in [0.29, 0.717) is 24.1 Å². The number of carbonyl (C=O) groups excluding carboxylic acids is 1. The molecule has 1 aliphatic heterocycles. The first-order valence-electron chi connectivity index (χ1n) is 8.16. The summed E-state index contributed by atoms with van der Waals surface area (Å²) in [5.74, 6) is -0.668. The standard InChI is InChI=1S/C18H23FN4O/c1-11-14(10-21-23(11)18(2,3)4)17(24)22-15-6-5-12-9-20-8-7-13(12)16(15)19/h5-6,10,20H,7-9H2,1-4H3,(H,22,24). The summed E-state index contributed by atoms with van der Waals surface area (Å²) in [6, 6.07) is 3.49. The monoisotopic (exact) mass is 330 g/mol. The fourth-order valence-electron chi connectivity index (χ4n) is 3.13. The Morgan fingerprint density at radius 2 is 2.12 bits per heavy atom. The van der Waals surface area contributed by atoms with Gasteiger partial charge in [0.15, 0.2) is 0 Å². The zero-order valence-corrected chi connectivity index (χ0v) is 14.5. The van der Waals surface area contributed by atoms with E-state index in [4.69, 9.17) is 0 Å². The van der Waals surface area contributed by atoms with Crippen molar-refractivity contribution >= 4 is 11.6 Å². The topological polar surface area (TPSA) is 59.0 Å². The average molecular weight is 330 g/mol. The van der Waals surface area contributed by atoms with E-state index in [9.17, 15) is 9.18 Å². The number of benzene rings is 1. The van der Waals surface area contributed by atoms with Gasteiger partial charge in [-0.25, -0.2) is 4.39 Å². The molecule has 0 fully saturated rings. The maximum absolute atomic E-state index is 14.7. The maximum Gasteiger partial charge on any atom is 0.259 e. The number of nitrogens with zero attached hydrogens (tertiary/aromatic N) is 2. The van der Waals surface area contributed by atoms with Gasteiger partial charge in [-0.2, -0.15) is 5.10 Å². The van der Waals surface area contributed by atoms with Crippen LogP contribution >= 0.6 is 0 Å². The van der Waals surface area contributed by atoms with Crippen molar-refractivity contribution in [3.8, 4) is 0 Å². The Balaban J connectivity index is 1.87. The Morgan fingerprint density at radius 1 is 1.38 bits per heavy atom. The Hall–Kier alpha value is -2.21. The normalized spacial score (nSPS) is 14.4. The molecule has 2 N–H and O–H groups in total. The van der Waals surface area contributed by atoms with E-state index < -0.39 is 0 Å². The Bertz CT molecular complexity index is 789. The summed E-state index contributed by atoms with van der Waals surface area (Å²) >= 11 is 0. The highest BCUT2D eigenvalue weighted by Gasteiger charge is 2.23. The molecule has 2 heterocycles. The van der Waals surface area contributed by atoms with Gasteiger partial charge < -0.3 is 10.6 Å². The molecule has 0 aliphatic carbocycles. The van der Waals surface area contributed by atoms with Crippen LogP contribution in [0.25, 0.3) is 0 Å². The molecule has 1 aliphatic rings. The summed E-state index contributed by atoms with van der Waals surface area (Å²) in [7, 11) is 0. The van der Waals surface area contributed by atoms with Crippen molar-refractivity contribution < 1.29 is 9.18 Å². The molecule has 3 rings (SSSR count). The van der Waals surface area contributed by atoms with Crippen LogP contribution in [0.5, 0.6) is 0 Å². The Morgan fingerprint density at radius 3 is 2.79 bits per heavy atom. The molecule has 0 unspecified atom stereocenters. The van der Waals surface area contributed by atoms with Gasteiger partial charge in [0, 0.05) is 12.2 Å². The van der Waals surface area contributed by atoms with Crippen LogP contribution < -0.4 is 10.6 Å². The fourth-order valence-corrected chi connectivity index (χ4v) is 3.13. The number of carbonyl (C=O) groups is 1. The highest BCUT2D eigenvalue weighted by Crippen LogP contribution is 2.25. The number of aromatic nitrogens is 2. The third-order valence-electron chi connectivity index (χ3n) is 4.35. The lowest BCUT2D eigenvalue weighted by Gasteiger charge is -2.21. The minimum Gasteiger partial charge on any atom is -0.319 e. The number of hydrogen-bond acceptors (Lipinski definition) is 3. The Labute approximate surface area is 141 Å². The molecule has 0 saturated carbocycles. The van der Waals surface area contributed by atoms with Gasteiger partial charge in [-0.3, -0.25) is 9.48 Å². The largest absolute Gasteiger partial charge is 0.319 e. The lowest BCUT2D eigenvalue weighted by molar-refractivity contribution is 0.102. The first kappa shape index (κ1) is 16.6. The predicted octanol–water partition coefficient (Wildman–Crippen LogP) is 2.98. The van der Waals surface area contributed by atoms with Crippen LogP contribution in [0.1, 0.15) is 48.0 Å². The summed E-state index contributed by atoms with van der Waals surface area (Å²) < 4.78 is 16.5. The fraction of sp³-hybridized carbons (Fsp3) is 0.444. The lowest BCUT2D eigenvalue weighted by atomic mass is 9.99. The molecular formula is C18H23FN4O. The molecule has 0 radical (unpaired) electrons. The summed E-state index contributed by atoms with van der Waals surface area (Å²) in [6.45, 7) is 9.32. The SMILES string of the molecule is Cc1c(C(=O)Nc2ccc3c(c2F)CCNC3)cnn1C(C)(C)C. The van der Waals surface area contributed by atoms with Crippen molar-refractivity contribution in [1.29, 1.82) is 0 Å². The second-order valence-electron chi connectivity index (χ2n) is 7.17. The molecule has 5 nitrogen and oxygen atoms in total. The summed E-state index contributed by atoms with van der Waals surface area (Å²) in [4.78, 5) is 12.6. The van der Waals surface area contributed by atoms with Crippen LogP contribution in [0.15, 0.2) is 18.3 Å². The van der Waals surface area contributed by atoms with Gasteiger partial charge in [0.25, 0.3) is 5.91 Å². The van der Waals surface area contributed by atoms with E-state index in [2.05, 4.69) is 15.7 Å². The van der Waals surface area contributed by atoms with Crippen molar-refractivity contribution in [2.75, 3.05) is 11.9 Å². The van der Waals surface area contributed by atoms with Crippen LogP contribution in [0.3, 0.4) is 0 Å². The van der Waals surface area contributed by atoms with Crippen LogP contribution in [-0.2, 0) is 18.5 Å². The number of hydrogen-bond donors (Lipinski definition) is 2. The van der Waals surface area contributed by atoms with Crippen LogP contribution in [0.2, 0.25) is 0 Å². The van der Waals surface area contributed by atoms with Crippen molar-refractivity contribution in [2.45, 2.75) is 46.2 Å². The third kappa shape index (κ3) is 2.94. The van der Waals surface area contributed by atoms with E-state index >= 15 is 0 Å². The van der Waals surface area contributed by atoms with E-state index in [1.165, 1.54) is 6.20 Å². The first-order chi connectivity index (χ1) is 11.3. The van der Waals surface area contributed by atoms with Gasteiger partial charge in [0.05, 0.1) is 23.0 Å². The minimum atomic E-state index is -0.337. The summed E-state index contributed by atoms with van der Waals surface area (Å²) in [5, 5.41) is 10.2. The smallest absolute Gasteiger partial charge is 0.259 e. The molecular weight excluding hydrogens is 307 g/mol.